The van der Waals surface area contributed by atoms with Crippen molar-refractivity contribution in [2.75, 3.05) is 12.5 Å². The fourth-order valence-electron chi connectivity index (χ4n) is 2.86. The first-order valence-corrected chi connectivity index (χ1v) is 8.98. The van der Waals surface area contributed by atoms with Gasteiger partial charge in [0.15, 0.2) is 12.5 Å². The molecule has 1 aliphatic heterocycles. The number of nitrogens with zero attached hydrogens (tertiary/aromatic N) is 1. The van der Waals surface area contributed by atoms with Gasteiger partial charge in [-0.05, 0) is 29.7 Å². The van der Waals surface area contributed by atoms with E-state index in [0.29, 0.717) is 5.92 Å². The highest BCUT2D eigenvalue weighted by atomic mass is 16.9. The van der Waals surface area contributed by atoms with Crippen LogP contribution in [0.15, 0.2) is 54.5 Å². The van der Waals surface area contributed by atoms with Crippen molar-refractivity contribution in [2.24, 2.45) is 0 Å². The lowest BCUT2D eigenvalue weighted by Crippen LogP contribution is -2.49. The van der Waals surface area contributed by atoms with Gasteiger partial charge < -0.3 is 14.6 Å². The first-order chi connectivity index (χ1) is 13.7. The summed E-state index contributed by atoms with van der Waals surface area (Å²) in [7, 11) is 1.35. The molecule has 0 bridgehead atoms. The van der Waals surface area contributed by atoms with E-state index in [9.17, 15) is 15.2 Å². The molecule has 1 atom stereocenters. The van der Waals surface area contributed by atoms with E-state index in [1.807, 2.05) is 24.3 Å². The fraction of sp³-hybridized carbons (Fsp3) is 0.250. The van der Waals surface area contributed by atoms with E-state index in [1.54, 1.807) is 0 Å². The molecule has 2 aromatic rings. The minimum Gasteiger partial charge on any atom is -0.494 e. The largest absolute Gasteiger partial charge is 0.494 e. The van der Waals surface area contributed by atoms with E-state index in [1.165, 1.54) is 37.1 Å². The van der Waals surface area contributed by atoms with Gasteiger partial charge in [-0.3, -0.25) is 5.32 Å². The fourth-order valence-corrected chi connectivity index (χ4v) is 2.86. The minimum absolute atomic E-state index is 0.00725. The minimum atomic E-state index is -1.75. The normalized spacial score (nSPS) is 16.1. The van der Waals surface area contributed by atoms with Crippen molar-refractivity contribution in [1.29, 1.82) is 0 Å². The number of carboxylic acid groups (broad SMARTS) is 1. The molecule has 0 amide bonds. The summed E-state index contributed by atoms with van der Waals surface area (Å²) in [5.74, 6) is -0.646. The monoisotopic (exact) mass is 402 g/mol. The Morgan fingerprint density at radius 3 is 2.48 bits per heavy atom. The summed E-state index contributed by atoms with van der Waals surface area (Å²) in [4.78, 5) is 9.34. The van der Waals surface area contributed by atoms with Gasteiger partial charge in [-0.1, -0.05) is 38.1 Å². The number of nitrogens with one attached hydrogen (secondary N) is 2. The van der Waals surface area contributed by atoms with Crippen molar-refractivity contribution < 1.29 is 34.7 Å². The van der Waals surface area contributed by atoms with Gasteiger partial charge >= 0.3 is 11.8 Å². The lowest BCUT2D eigenvalue weighted by molar-refractivity contribution is -1.21. The Balaban J connectivity index is 1.73. The molecule has 0 spiro atoms. The Morgan fingerprint density at radius 1 is 1.21 bits per heavy atom. The number of anilines is 1. The van der Waals surface area contributed by atoms with Crippen molar-refractivity contribution in [3.05, 3.63) is 71.2 Å². The second kappa shape index (κ2) is 8.00. The number of carbonyl (C=O) groups is 1. The lowest BCUT2D eigenvalue weighted by Gasteiger charge is -2.23. The molecule has 0 fully saturated rings. The Kier molecular flexibility index (Phi) is 5.64. The molecule has 9 heteroatoms. The van der Waals surface area contributed by atoms with Gasteiger partial charge in [-0.2, -0.15) is 5.43 Å². The zero-order valence-electron chi connectivity index (χ0n) is 16.3. The molecule has 154 valence electrons. The van der Waals surface area contributed by atoms with Gasteiger partial charge in [-0.15, -0.1) is 10.4 Å². The van der Waals surface area contributed by atoms with Crippen LogP contribution in [0, 0.1) is 0 Å². The third-order valence-corrected chi connectivity index (χ3v) is 4.56. The topological polar surface area (TPSA) is 120 Å². The van der Waals surface area contributed by atoms with E-state index >= 15 is 0 Å². The number of rotatable bonds is 7. The summed E-state index contributed by atoms with van der Waals surface area (Å²) >= 11 is 0. The molecular weight excluding hydrogens is 378 g/mol. The predicted octanol–water partition coefficient (Wildman–Crippen LogP) is 3.56. The molecule has 29 heavy (non-hydrogen) atoms. The number of carboxylic acids is 1. The molecule has 3 rings (SSSR count). The third-order valence-electron chi connectivity index (χ3n) is 4.56. The molecule has 0 aliphatic carbocycles. The average molecular weight is 402 g/mol. The highest BCUT2D eigenvalue weighted by Crippen LogP contribution is 2.31. The number of hydroxylamine groups is 2. The van der Waals surface area contributed by atoms with Crippen molar-refractivity contribution in [3.8, 4) is 5.75 Å². The zero-order valence-corrected chi connectivity index (χ0v) is 16.3. The van der Waals surface area contributed by atoms with E-state index in [-0.39, 0.29) is 22.8 Å². The van der Waals surface area contributed by atoms with Crippen LogP contribution >= 0.6 is 0 Å². The number of hydrogen-bond donors (Lipinski definition) is 5. The van der Waals surface area contributed by atoms with E-state index in [2.05, 4.69) is 24.6 Å². The number of benzene rings is 2. The van der Waals surface area contributed by atoms with Crippen LogP contribution in [-0.4, -0.2) is 33.5 Å². The molecule has 0 saturated heterocycles. The van der Waals surface area contributed by atoms with Crippen molar-refractivity contribution in [1.82, 2.24) is 5.32 Å². The maximum atomic E-state index is 11.1. The van der Waals surface area contributed by atoms with Crippen LogP contribution in [-0.2, 0) is 4.74 Å². The predicted molar refractivity (Wildman–Crippen MR) is 103 cm³/mol. The smallest absolute Gasteiger partial charge is 0.335 e. The Morgan fingerprint density at radius 2 is 1.90 bits per heavy atom. The van der Waals surface area contributed by atoms with Crippen LogP contribution in [0.1, 0.15) is 47.5 Å². The molecule has 1 unspecified atom stereocenters. The highest BCUT2D eigenvalue weighted by molar-refractivity contribution is 5.89. The van der Waals surface area contributed by atoms with Crippen LogP contribution in [0.5, 0.6) is 5.75 Å². The van der Waals surface area contributed by atoms with E-state index < -0.39 is 17.1 Å². The Labute approximate surface area is 167 Å². The van der Waals surface area contributed by atoms with Crippen LogP contribution in [0.3, 0.4) is 0 Å². The van der Waals surface area contributed by atoms with Crippen LogP contribution < -0.4 is 15.5 Å². The maximum absolute atomic E-state index is 11.1. The standard InChI is InChI=1S/C20H23N3O6/c1-12(2)13-4-6-14(7-5-13)19-21-18(11-29-19)23(26,27)22-16-9-8-15(20(24)25)10-17(16)28-3/h4-12,19,21-22,26-27H,1-3H3/p+1. The molecule has 1 heterocycles. The first-order valence-electron chi connectivity index (χ1n) is 8.98. The highest BCUT2D eigenvalue weighted by Gasteiger charge is 2.39. The number of aromatic carboxylic acids is 1. The number of hydrogen-bond acceptors (Lipinski definition) is 7. The third kappa shape index (κ3) is 4.43. The second-order valence-electron chi connectivity index (χ2n) is 6.92. The van der Waals surface area contributed by atoms with Gasteiger partial charge in [0, 0.05) is 5.56 Å². The van der Waals surface area contributed by atoms with Gasteiger partial charge in [-0.25, -0.2) is 4.79 Å². The molecule has 9 nitrogen and oxygen atoms in total. The molecule has 2 aromatic carbocycles. The summed E-state index contributed by atoms with van der Waals surface area (Å²) in [5, 5.41) is 32.9. The number of methoxy groups -OCH3 is 1. The van der Waals surface area contributed by atoms with Crippen LogP contribution in [0.25, 0.3) is 0 Å². The van der Waals surface area contributed by atoms with E-state index in [0.717, 1.165) is 5.56 Å². The summed E-state index contributed by atoms with van der Waals surface area (Å²) in [6, 6.07) is 11.8. The summed E-state index contributed by atoms with van der Waals surface area (Å²) in [6.45, 7) is 4.20. The molecule has 0 aromatic heterocycles. The SMILES string of the molecule is COc1cc(C(=O)O)ccc1N[N+](O)(O)C1=COC(c2ccc(C(C)C)cc2)N1. The summed E-state index contributed by atoms with van der Waals surface area (Å²) in [6.07, 6.45) is 0.618. The number of ether oxygens (including phenoxy) is 2. The maximum Gasteiger partial charge on any atom is 0.335 e. The summed E-state index contributed by atoms with van der Waals surface area (Å²) < 4.78 is 10.7. The Hall–Kier alpha value is -3.27. The van der Waals surface area contributed by atoms with Gasteiger partial charge in [0.2, 0.25) is 0 Å². The van der Waals surface area contributed by atoms with Gasteiger partial charge in [0.25, 0.3) is 0 Å². The average Bonchev–Trinajstić information content (AvgIpc) is 3.19. The molecule has 1 aliphatic rings. The molecule has 0 radical (unpaired) electrons. The van der Waals surface area contributed by atoms with Crippen molar-refractivity contribution >= 4 is 11.7 Å². The van der Waals surface area contributed by atoms with E-state index in [4.69, 9.17) is 14.6 Å². The second-order valence-corrected chi connectivity index (χ2v) is 6.92. The van der Waals surface area contributed by atoms with Crippen LogP contribution in [0.4, 0.5) is 5.69 Å². The van der Waals surface area contributed by atoms with Gasteiger partial charge in [0.05, 0.1) is 12.7 Å². The summed E-state index contributed by atoms with van der Waals surface area (Å²) in [5.41, 5.74) is 4.66. The first kappa shape index (κ1) is 20.5. The zero-order chi connectivity index (χ0) is 21.2. The van der Waals surface area contributed by atoms with Crippen molar-refractivity contribution in [3.63, 3.8) is 0 Å². The van der Waals surface area contributed by atoms with Crippen LogP contribution in [0.2, 0.25) is 0 Å². The molecular formula is C20H24N3O6+. The van der Waals surface area contributed by atoms with Crippen molar-refractivity contribution in [2.45, 2.75) is 26.0 Å². The molecule has 0 saturated carbocycles. The molecule has 5 N–H and O–H groups in total. The Bertz CT molecular complexity index is 924. The van der Waals surface area contributed by atoms with Gasteiger partial charge in [0.1, 0.15) is 16.4 Å². The lowest BCUT2D eigenvalue weighted by atomic mass is 10.0. The quantitative estimate of drug-likeness (QED) is 0.352. The number of quaternary nitrogens is 1.